The molecule has 3 saturated carbocycles. The van der Waals surface area contributed by atoms with E-state index in [1.165, 1.54) is 16.2 Å². The highest BCUT2D eigenvalue weighted by Gasteiger charge is 2.30. The third-order valence-electron chi connectivity index (χ3n) is 9.02. The first-order valence-corrected chi connectivity index (χ1v) is 17.8. The van der Waals surface area contributed by atoms with Gasteiger partial charge in [0.2, 0.25) is 17.7 Å². The molecule has 0 saturated heterocycles. The minimum absolute atomic E-state index is 0.0167. The predicted molar refractivity (Wildman–Crippen MR) is 168 cm³/mol. The van der Waals surface area contributed by atoms with Crippen LogP contribution in [0.15, 0.2) is 0 Å². The Morgan fingerprint density at radius 1 is 0.698 bits per heavy atom. The number of nitrogens with one attached hydrogen (secondary N) is 3. The van der Waals surface area contributed by atoms with Crippen LogP contribution in [0.1, 0.15) is 103 Å². The van der Waals surface area contributed by atoms with Gasteiger partial charge in [0, 0.05) is 37.1 Å². The number of amides is 5. The summed E-state index contributed by atoms with van der Waals surface area (Å²) in [5.74, 6) is -1.07. The fraction of sp³-hybridized carbons (Fsp3) is 0.839. The summed E-state index contributed by atoms with van der Waals surface area (Å²) in [5, 5.41) is 18.5. The molecule has 5 amide bonds. The lowest BCUT2D eigenvalue weighted by Gasteiger charge is -2.32. The highest BCUT2D eigenvalue weighted by molar-refractivity contribution is 7.98. The van der Waals surface area contributed by atoms with Gasteiger partial charge in [-0.15, -0.1) is 0 Å². The minimum Gasteiger partial charge on any atom is -0.481 e. The van der Waals surface area contributed by atoms with Gasteiger partial charge in [-0.2, -0.15) is 11.8 Å². The van der Waals surface area contributed by atoms with Gasteiger partial charge in [-0.25, -0.2) is 4.79 Å². The van der Waals surface area contributed by atoms with Crippen molar-refractivity contribution < 1.29 is 29.1 Å². The number of carbonyl (C=O) groups is 5. The number of thioether (sulfide) groups is 1. The highest BCUT2D eigenvalue weighted by Crippen LogP contribution is 2.26. The third kappa shape index (κ3) is 12.9. The van der Waals surface area contributed by atoms with Gasteiger partial charge in [-0.1, -0.05) is 38.5 Å². The van der Waals surface area contributed by atoms with Crippen LogP contribution in [0.25, 0.3) is 0 Å². The number of carbonyl (C=O) groups excluding carboxylic acids is 4. The monoisotopic (exact) mass is 623 g/mol. The molecule has 3 aliphatic rings. The Morgan fingerprint density at radius 3 is 1.84 bits per heavy atom. The molecule has 244 valence electrons. The number of nitrogens with zero attached hydrogens (tertiary/aromatic N) is 2. The number of aliphatic carboxylic acids is 1. The van der Waals surface area contributed by atoms with E-state index in [4.69, 9.17) is 0 Å². The lowest BCUT2D eigenvalue weighted by atomic mass is 9.88. The quantitative estimate of drug-likeness (QED) is 0.204. The van der Waals surface area contributed by atoms with Gasteiger partial charge in [0.25, 0.3) is 0 Å². The van der Waals surface area contributed by atoms with Crippen LogP contribution in [0, 0.1) is 5.92 Å². The van der Waals surface area contributed by atoms with E-state index < -0.39 is 5.97 Å². The number of urea groups is 1. The molecule has 0 aromatic carbocycles. The molecule has 0 spiro atoms. The van der Waals surface area contributed by atoms with E-state index in [1.807, 2.05) is 6.26 Å². The lowest BCUT2D eigenvalue weighted by molar-refractivity contribution is -0.146. The molecule has 0 atom stereocenters. The van der Waals surface area contributed by atoms with E-state index in [9.17, 15) is 29.1 Å². The highest BCUT2D eigenvalue weighted by atomic mass is 32.2. The van der Waals surface area contributed by atoms with Crippen LogP contribution in [0.4, 0.5) is 4.79 Å². The number of carboxylic acid groups (broad SMARTS) is 1. The Kier molecular flexibility index (Phi) is 15.5. The Hall–Kier alpha value is -2.50. The van der Waals surface area contributed by atoms with Crippen molar-refractivity contribution in [1.29, 1.82) is 0 Å². The summed E-state index contributed by atoms with van der Waals surface area (Å²) in [5.41, 5.74) is 0. The molecule has 0 aliphatic heterocycles. The van der Waals surface area contributed by atoms with E-state index >= 15 is 0 Å². The smallest absolute Gasteiger partial charge is 0.315 e. The average Bonchev–Trinajstić information content (AvgIpc) is 3.00. The maximum Gasteiger partial charge on any atom is 0.315 e. The van der Waals surface area contributed by atoms with E-state index in [0.29, 0.717) is 13.0 Å². The molecule has 11 nitrogen and oxygen atoms in total. The van der Waals surface area contributed by atoms with Crippen LogP contribution >= 0.6 is 11.8 Å². The maximum atomic E-state index is 13.4. The second-order valence-corrected chi connectivity index (χ2v) is 13.5. The van der Waals surface area contributed by atoms with Crippen molar-refractivity contribution in [2.75, 3.05) is 38.2 Å². The summed E-state index contributed by atoms with van der Waals surface area (Å²) in [7, 11) is 0. The SMILES string of the molecule is CSCCCN(CC(=O)NC1CCC(NC(=O)NC2CCCCC2)CC1)C(=O)CN(CCC(=O)O)C(=O)C1CCCCC1. The number of hydrogen-bond acceptors (Lipinski definition) is 6. The molecule has 3 fully saturated rings. The van der Waals surface area contributed by atoms with Crippen molar-refractivity contribution in [3.63, 3.8) is 0 Å². The van der Waals surface area contributed by atoms with Gasteiger partial charge in [0.1, 0.15) is 0 Å². The van der Waals surface area contributed by atoms with Crippen molar-refractivity contribution in [2.45, 2.75) is 121 Å². The zero-order valence-electron chi connectivity index (χ0n) is 25.9. The standard InChI is InChI=1S/C31H53N5O6S/c1-43-20-8-18-35(28(38)22-36(19-17-29(39)40)30(41)23-9-4-2-5-10-23)21-27(37)32-25-13-15-26(16-14-25)34-31(42)33-24-11-6-3-7-12-24/h23-26H,2-22H2,1H3,(H,32,37)(H,39,40)(H2,33,34,42). The molecule has 0 heterocycles. The summed E-state index contributed by atoms with van der Waals surface area (Å²) >= 11 is 1.66. The van der Waals surface area contributed by atoms with Crippen LogP contribution in [0.5, 0.6) is 0 Å². The van der Waals surface area contributed by atoms with Gasteiger partial charge < -0.3 is 30.9 Å². The first-order valence-electron chi connectivity index (χ1n) is 16.4. The maximum absolute atomic E-state index is 13.4. The second kappa shape index (κ2) is 19.0. The molecule has 3 rings (SSSR count). The van der Waals surface area contributed by atoms with Crippen LogP contribution in [0.3, 0.4) is 0 Å². The van der Waals surface area contributed by atoms with Crippen molar-refractivity contribution in [3.05, 3.63) is 0 Å². The van der Waals surface area contributed by atoms with Gasteiger partial charge in [0.15, 0.2) is 0 Å². The molecule has 0 bridgehead atoms. The fourth-order valence-corrected chi connectivity index (χ4v) is 6.97. The Morgan fingerprint density at radius 2 is 1.26 bits per heavy atom. The predicted octanol–water partition coefficient (Wildman–Crippen LogP) is 3.51. The van der Waals surface area contributed by atoms with Crippen molar-refractivity contribution >= 4 is 41.5 Å². The van der Waals surface area contributed by atoms with Gasteiger partial charge in [-0.05, 0) is 69.8 Å². The first-order chi connectivity index (χ1) is 20.7. The minimum atomic E-state index is -1.01. The molecule has 0 unspecified atom stereocenters. The lowest BCUT2D eigenvalue weighted by Crippen LogP contribution is -2.51. The fourth-order valence-electron chi connectivity index (χ4n) is 6.55. The zero-order valence-corrected chi connectivity index (χ0v) is 26.8. The van der Waals surface area contributed by atoms with Gasteiger partial charge in [-0.3, -0.25) is 19.2 Å². The largest absolute Gasteiger partial charge is 0.481 e. The van der Waals surface area contributed by atoms with Crippen LogP contribution in [-0.2, 0) is 19.2 Å². The van der Waals surface area contributed by atoms with Gasteiger partial charge in [0.05, 0.1) is 19.5 Å². The molecule has 0 aromatic rings. The van der Waals surface area contributed by atoms with Gasteiger partial charge >= 0.3 is 12.0 Å². The second-order valence-electron chi connectivity index (χ2n) is 12.5. The number of rotatable bonds is 15. The molecule has 0 aromatic heterocycles. The van der Waals surface area contributed by atoms with Crippen molar-refractivity contribution in [3.8, 4) is 0 Å². The molecule has 43 heavy (non-hydrogen) atoms. The summed E-state index contributed by atoms with van der Waals surface area (Å²) in [4.78, 5) is 66.4. The number of carboxylic acids is 1. The third-order valence-corrected chi connectivity index (χ3v) is 9.72. The van der Waals surface area contributed by atoms with Crippen molar-refractivity contribution in [1.82, 2.24) is 25.8 Å². The molecule has 3 aliphatic carbocycles. The summed E-state index contributed by atoms with van der Waals surface area (Å²) < 4.78 is 0. The van der Waals surface area contributed by atoms with E-state index in [0.717, 1.165) is 89.2 Å². The normalized spacial score (nSPS) is 21.4. The molecular weight excluding hydrogens is 570 g/mol. The van der Waals surface area contributed by atoms with Crippen LogP contribution in [0.2, 0.25) is 0 Å². The Labute approximate surface area is 261 Å². The molecule has 0 radical (unpaired) electrons. The Bertz CT molecular complexity index is 916. The summed E-state index contributed by atoms with van der Waals surface area (Å²) in [6.45, 7) is 0.0654. The number of hydrogen-bond donors (Lipinski definition) is 4. The molecular formula is C31H53N5O6S. The molecule has 4 N–H and O–H groups in total. The van der Waals surface area contributed by atoms with Crippen LogP contribution in [-0.4, -0.2) is 101 Å². The van der Waals surface area contributed by atoms with E-state index in [2.05, 4.69) is 16.0 Å². The Balaban J connectivity index is 1.49. The average molecular weight is 624 g/mol. The summed E-state index contributed by atoms with van der Waals surface area (Å²) in [6.07, 6.45) is 15.7. The first kappa shape index (κ1) is 35.0. The molecule has 12 heteroatoms. The van der Waals surface area contributed by atoms with E-state index in [1.54, 1.807) is 11.8 Å². The van der Waals surface area contributed by atoms with Crippen molar-refractivity contribution in [2.24, 2.45) is 5.92 Å². The summed E-state index contributed by atoms with van der Waals surface area (Å²) in [6, 6.07) is 0.230. The topological polar surface area (TPSA) is 148 Å². The zero-order chi connectivity index (χ0) is 31.0. The van der Waals surface area contributed by atoms with Crippen LogP contribution < -0.4 is 16.0 Å². The van der Waals surface area contributed by atoms with E-state index in [-0.39, 0.29) is 73.9 Å².